The Labute approximate surface area is 184 Å². The molecule has 0 spiro atoms. The van der Waals surface area contributed by atoms with Crippen molar-refractivity contribution in [2.24, 2.45) is 7.05 Å². The summed E-state index contributed by atoms with van der Waals surface area (Å²) in [4.78, 5) is 28.1. The van der Waals surface area contributed by atoms with Gasteiger partial charge in [0.25, 0.3) is 11.5 Å². The normalized spacial score (nSPS) is 13.2. The summed E-state index contributed by atoms with van der Waals surface area (Å²) < 4.78 is 5.36. The van der Waals surface area contributed by atoms with E-state index in [1.165, 1.54) is 4.88 Å². The smallest absolute Gasteiger partial charge is 0.295 e. The number of rotatable bonds is 4. The van der Waals surface area contributed by atoms with Crippen LogP contribution in [0.3, 0.4) is 0 Å². The van der Waals surface area contributed by atoms with E-state index < -0.39 is 0 Å². The molecule has 0 saturated carbocycles. The average molecular weight is 433 g/mol. The van der Waals surface area contributed by atoms with Gasteiger partial charge in [-0.05, 0) is 62.4 Å². The number of aromatic nitrogens is 3. The highest BCUT2D eigenvalue weighted by Gasteiger charge is 2.28. The molecular formula is C24H24N4O2S. The summed E-state index contributed by atoms with van der Waals surface area (Å²) in [7, 11) is 1.83. The molecule has 0 saturated heterocycles. The molecule has 0 aliphatic heterocycles. The zero-order chi connectivity index (χ0) is 21.5. The number of anilines is 1. The lowest BCUT2D eigenvalue weighted by Gasteiger charge is -2.13. The first-order valence-electron chi connectivity index (χ1n) is 10.5. The standard InChI is InChI=1S/C24H24N4O2S/c1-16-21(23(30)28(26(16)2)17-10-4-3-5-11-17)25-22(29)20-18-12-6-7-13-19(18)31-24(20)27-14-8-9-15-27/h3-5,8-11,14-15H,6-7,12-13H2,1-2H3,(H,25,29). The first-order chi connectivity index (χ1) is 15.1. The number of carbonyl (C=O) groups is 1. The lowest BCUT2D eigenvalue weighted by atomic mass is 9.95. The third-order valence-corrected chi connectivity index (χ3v) is 7.32. The topological polar surface area (TPSA) is 61.0 Å². The van der Waals surface area contributed by atoms with Crippen molar-refractivity contribution in [1.82, 2.24) is 13.9 Å². The Morgan fingerprint density at radius 3 is 2.48 bits per heavy atom. The van der Waals surface area contributed by atoms with Gasteiger partial charge in [0.05, 0.1) is 16.9 Å². The van der Waals surface area contributed by atoms with E-state index in [9.17, 15) is 9.59 Å². The van der Waals surface area contributed by atoms with E-state index in [0.29, 0.717) is 16.9 Å². The third kappa shape index (κ3) is 3.25. The number of para-hydroxylation sites is 1. The molecule has 0 fully saturated rings. The molecule has 5 rings (SSSR count). The minimum absolute atomic E-state index is 0.214. The van der Waals surface area contributed by atoms with Crippen LogP contribution in [0.25, 0.3) is 10.7 Å². The van der Waals surface area contributed by atoms with Gasteiger partial charge in [0.15, 0.2) is 0 Å². The number of hydrogen-bond acceptors (Lipinski definition) is 3. The predicted molar refractivity (Wildman–Crippen MR) is 124 cm³/mol. The molecule has 1 aliphatic rings. The molecule has 1 aliphatic carbocycles. The van der Waals surface area contributed by atoms with Crippen molar-refractivity contribution in [2.75, 3.05) is 5.32 Å². The van der Waals surface area contributed by atoms with Crippen LogP contribution in [0.2, 0.25) is 0 Å². The maximum Gasteiger partial charge on any atom is 0.295 e. The number of nitrogens with one attached hydrogen (secondary N) is 1. The molecule has 1 aromatic carbocycles. The molecule has 7 heteroatoms. The Morgan fingerprint density at radius 2 is 1.74 bits per heavy atom. The van der Waals surface area contributed by atoms with E-state index in [4.69, 9.17) is 0 Å². The minimum Gasteiger partial charge on any atom is -0.316 e. The van der Waals surface area contributed by atoms with Gasteiger partial charge in [-0.15, -0.1) is 11.3 Å². The number of nitrogens with zero attached hydrogens (tertiary/aromatic N) is 3. The van der Waals surface area contributed by atoms with Crippen LogP contribution in [0.1, 0.15) is 39.3 Å². The predicted octanol–water partition coefficient (Wildman–Crippen LogP) is 4.47. The zero-order valence-electron chi connectivity index (χ0n) is 17.6. The number of carbonyl (C=O) groups excluding carboxylic acids is 1. The molecular weight excluding hydrogens is 408 g/mol. The summed E-state index contributed by atoms with van der Waals surface area (Å²) in [5.41, 5.74) is 3.41. The maximum atomic E-state index is 13.5. The van der Waals surface area contributed by atoms with Gasteiger partial charge in [-0.2, -0.15) is 0 Å². The second-order valence-corrected chi connectivity index (χ2v) is 8.96. The number of fused-ring (bicyclic) bond motifs is 1. The van der Waals surface area contributed by atoms with Gasteiger partial charge in [0, 0.05) is 24.3 Å². The maximum absolute atomic E-state index is 13.5. The Hall–Kier alpha value is -3.32. The molecule has 0 atom stereocenters. The van der Waals surface area contributed by atoms with Crippen LogP contribution in [0.5, 0.6) is 0 Å². The van der Waals surface area contributed by atoms with Crippen molar-refractivity contribution in [1.29, 1.82) is 0 Å². The van der Waals surface area contributed by atoms with E-state index in [1.54, 1.807) is 20.7 Å². The van der Waals surface area contributed by atoms with E-state index in [0.717, 1.165) is 41.9 Å². The van der Waals surface area contributed by atoms with Gasteiger partial charge in [0.2, 0.25) is 0 Å². The van der Waals surface area contributed by atoms with Crippen LogP contribution >= 0.6 is 11.3 Å². The molecule has 31 heavy (non-hydrogen) atoms. The molecule has 4 aromatic rings. The summed E-state index contributed by atoms with van der Waals surface area (Å²) in [6, 6.07) is 13.4. The number of benzene rings is 1. The molecule has 0 unspecified atom stereocenters. The fourth-order valence-electron chi connectivity index (χ4n) is 4.33. The Bertz CT molecular complexity index is 1310. The van der Waals surface area contributed by atoms with Crippen molar-refractivity contribution in [2.45, 2.75) is 32.6 Å². The van der Waals surface area contributed by atoms with Crippen LogP contribution in [0, 0.1) is 6.92 Å². The summed E-state index contributed by atoms with van der Waals surface area (Å²) >= 11 is 1.69. The summed E-state index contributed by atoms with van der Waals surface area (Å²) in [5, 5.41) is 3.89. The molecule has 0 bridgehead atoms. The van der Waals surface area contributed by atoms with E-state index in [-0.39, 0.29) is 11.5 Å². The van der Waals surface area contributed by atoms with E-state index in [1.807, 2.05) is 73.4 Å². The lowest BCUT2D eigenvalue weighted by Crippen LogP contribution is -2.23. The number of thiophene rings is 1. The van der Waals surface area contributed by atoms with Crippen LogP contribution in [0.4, 0.5) is 5.69 Å². The van der Waals surface area contributed by atoms with Crippen molar-refractivity contribution in [3.63, 3.8) is 0 Å². The Morgan fingerprint density at radius 1 is 1.03 bits per heavy atom. The fraction of sp³-hybridized carbons (Fsp3) is 0.250. The van der Waals surface area contributed by atoms with Gasteiger partial charge < -0.3 is 9.88 Å². The molecule has 158 valence electrons. The van der Waals surface area contributed by atoms with Crippen LogP contribution < -0.4 is 10.9 Å². The SMILES string of the molecule is Cc1c(NC(=O)c2c(-n3cccc3)sc3c2CCCC3)c(=O)n(-c2ccccc2)n1C. The summed E-state index contributed by atoms with van der Waals surface area (Å²) in [5.74, 6) is -0.214. The Kier molecular flexibility index (Phi) is 4.90. The van der Waals surface area contributed by atoms with Gasteiger partial charge in [-0.25, -0.2) is 4.68 Å². The number of aryl methyl sites for hydroxylation is 1. The molecule has 1 amide bonds. The third-order valence-electron chi connectivity index (χ3n) is 6.01. The summed E-state index contributed by atoms with van der Waals surface area (Å²) in [6.07, 6.45) is 8.07. The minimum atomic E-state index is -0.230. The molecule has 6 nitrogen and oxygen atoms in total. The Balaban J connectivity index is 1.58. The van der Waals surface area contributed by atoms with Crippen molar-refractivity contribution < 1.29 is 4.79 Å². The highest BCUT2D eigenvalue weighted by molar-refractivity contribution is 7.15. The first kappa shape index (κ1) is 19.6. The zero-order valence-corrected chi connectivity index (χ0v) is 18.4. The molecule has 3 heterocycles. The van der Waals surface area contributed by atoms with Crippen molar-refractivity contribution in [3.05, 3.63) is 86.9 Å². The van der Waals surface area contributed by atoms with Crippen molar-refractivity contribution >= 4 is 22.9 Å². The second kappa shape index (κ2) is 7.74. The summed E-state index contributed by atoms with van der Waals surface area (Å²) in [6.45, 7) is 1.85. The monoisotopic (exact) mass is 432 g/mol. The van der Waals surface area contributed by atoms with E-state index >= 15 is 0 Å². The second-order valence-electron chi connectivity index (χ2n) is 7.87. The molecule has 0 radical (unpaired) electrons. The highest BCUT2D eigenvalue weighted by Crippen LogP contribution is 2.37. The number of amides is 1. The van der Waals surface area contributed by atoms with Crippen molar-refractivity contribution in [3.8, 4) is 10.7 Å². The van der Waals surface area contributed by atoms with Crippen LogP contribution in [-0.4, -0.2) is 19.8 Å². The van der Waals surface area contributed by atoms with Gasteiger partial charge >= 0.3 is 0 Å². The number of hydrogen-bond donors (Lipinski definition) is 1. The first-order valence-corrected chi connectivity index (χ1v) is 11.3. The largest absolute Gasteiger partial charge is 0.316 e. The van der Waals surface area contributed by atoms with Gasteiger partial charge in [-0.3, -0.25) is 14.3 Å². The van der Waals surface area contributed by atoms with Crippen LogP contribution in [-0.2, 0) is 19.9 Å². The fourth-order valence-corrected chi connectivity index (χ4v) is 5.68. The molecule has 1 N–H and O–H groups in total. The highest BCUT2D eigenvalue weighted by atomic mass is 32.1. The van der Waals surface area contributed by atoms with E-state index in [2.05, 4.69) is 5.32 Å². The molecule has 3 aromatic heterocycles. The van der Waals surface area contributed by atoms with Gasteiger partial charge in [0.1, 0.15) is 10.7 Å². The van der Waals surface area contributed by atoms with Gasteiger partial charge in [-0.1, -0.05) is 18.2 Å². The van der Waals surface area contributed by atoms with Crippen LogP contribution in [0.15, 0.2) is 59.7 Å². The average Bonchev–Trinajstić information content (AvgIpc) is 3.49. The quantitative estimate of drug-likeness (QED) is 0.517. The lowest BCUT2D eigenvalue weighted by molar-refractivity contribution is 0.102.